The molecule has 3 heterocycles. The highest BCUT2D eigenvalue weighted by atomic mass is 31.2. The van der Waals surface area contributed by atoms with E-state index in [4.69, 9.17) is 8.85 Å². The fourth-order valence-corrected chi connectivity index (χ4v) is 6.69. The van der Waals surface area contributed by atoms with Crippen molar-refractivity contribution in [2.45, 2.75) is 31.3 Å². The minimum Gasteiger partial charge on any atom is -0.434 e. The van der Waals surface area contributed by atoms with Crippen LogP contribution in [0, 0.1) is 11.6 Å². The summed E-state index contributed by atoms with van der Waals surface area (Å²) in [4.78, 5) is 18.9. The van der Waals surface area contributed by atoms with Crippen LogP contribution in [0.3, 0.4) is 0 Å². The summed E-state index contributed by atoms with van der Waals surface area (Å²) in [7, 11) is -2.67. The van der Waals surface area contributed by atoms with Crippen LogP contribution in [0.15, 0.2) is 48.5 Å². The molecule has 39 heavy (non-hydrogen) atoms. The maximum atomic E-state index is 15.3. The predicted octanol–water partition coefficient (Wildman–Crippen LogP) is 6.83. The van der Waals surface area contributed by atoms with E-state index >= 15 is 4.39 Å². The fraction of sp³-hybridized carbons (Fsp3) is 0.286. The second kappa shape index (κ2) is 8.95. The second-order valence-corrected chi connectivity index (χ2v) is 13.7. The van der Waals surface area contributed by atoms with Crippen LogP contribution in [0.4, 0.5) is 17.6 Å². The third-order valence-electron chi connectivity index (χ3n) is 7.17. The van der Waals surface area contributed by atoms with E-state index in [0.717, 1.165) is 4.90 Å². The average molecular weight is 561 g/mol. The molecule has 6 nitrogen and oxygen atoms in total. The monoisotopic (exact) mass is 560 g/mol. The molecule has 2 aliphatic rings. The van der Waals surface area contributed by atoms with E-state index in [9.17, 15) is 22.5 Å². The van der Waals surface area contributed by atoms with Gasteiger partial charge in [-0.15, -0.1) is 0 Å². The van der Waals surface area contributed by atoms with Gasteiger partial charge in [0.05, 0.1) is 30.3 Å². The van der Waals surface area contributed by atoms with E-state index in [1.807, 2.05) is 0 Å². The quantitative estimate of drug-likeness (QED) is 0.198. The molecule has 1 aromatic heterocycles. The topological polar surface area (TPSA) is 64.4 Å². The number of alkyl halides is 2. The molecule has 6 rings (SSSR count). The molecule has 0 spiro atoms. The molecule has 3 aromatic carbocycles. The Balaban J connectivity index is 1.56. The minimum atomic E-state index is -3.20. The Morgan fingerprint density at radius 1 is 1.10 bits per heavy atom. The summed E-state index contributed by atoms with van der Waals surface area (Å²) in [5.74, 6) is -3.13. The Kier molecular flexibility index (Phi) is 5.09. The maximum absolute atomic E-state index is 15.3. The summed E-state index contributed by atoms with van der Waals surface area (Å²) in [5.41, 5.74) is 1.01. The molecule has 0 N–H and O–H groups in total. The SMILES string of the molecule is [2H]C([2H])([2H])N1C(=O)c2cccc(OC(F)F)c2[C@H]2C[C@@H]1c1nc3ccc(-c4ccc(CP(C)(C)=O)c(F)c4F)cc3n12. The van der Waals surface area contributed by atoms with Gasteiger partial charge in [0.1, 0.15) is 11.6 Å². The second-order valence-electron chi connectivity index (χ2n) is 10.2. The number of amides is 1. The maximum Gasteiger partial charge on any atom is 0.387 e. The van der Waals surface area contributed by atoms with Crippen molar-refractivity contribution in [3.63, 3.8) is 0 Å². The van der Waals surface area contributed by atoms with E-state index < -0.39 is 50.4 Å². The normalized spacial score (nSPS) is 19.9. The van der Waals surface area contributed by atoms with E-state index in [2.05, 4.69) is 4.98 Å². The molecule has 4 aromatic rings. The first-order valence-corrected chi connectivity index (χ1v) is 14.9. The van der Waals surface area contributed by atoms with Crippen molar-refractivity contribution < 1.29 is 35.8 Å². The van der Waals surface area contributed by atoms with E-state index in [1.54, 1.807) is 16.7 Å². The number of hydrogen-bond acceptors (Lipinski definition) is 4. The Hall–Kier alpha value is -3.65. The lowest BCUT2D eigenvalue weighted by Gasteiger charge is -2.24. The Bertz CT molecular complexity index is 1820. The first-order chi connectivity index (χ1) is 19.7. The van der Waals surface area contributed by atoms with E-state index in [0.29, 0.717) is 11.0 Å². The Morgan fingerprint density at radius 3 is 2.62 bits per heavy atom. The smallest absolute Gasteiger partial charge is 0.387 e. The molecule has 2 atom stereocenters. The van der Waals surface area contributed by atoms with Crippen LogP contribution in [0.1, 0.15) is 49.9 Å². The largest absolute Gasteiger partial charge is 0.434 e. The van der Waals surface area contributed by atoms with Crippen LogP contribution in [0.25, 0.3) is 22.2 Å². The summed E-state index contributed by atoms with van der Waals surface area (Å²) in [5, 5.41) is 0. The van der Waals surface area contributed by atoms with Gasteiger partial charge in [-0.3, -0.25) is 4.79 Å². The lowest BCUT2D eigenvalue weighted by atomic mass is 9.97. The molecule has 0 radical (unpaired) electrons. The molecule has 0 aliphatic carbocycles. The van der Waals surface area contributed by atoms with Crippen molar-refractivity contribution in [3.05, 3.63) is 82.7 Å². The highest BCUT2D eigenvalue weighted by molar-refractivity contribution is 7.61. The van der Waals surface area contributed by atoms with E-state index in [1.165, 1.54) is 49.7 Å². The van der Waals surface area contributed by atoms with Gasteiger partial charge in [0.2, 0.25) is 0 Å². The number of carbonyl (C=O) groups is 1. The number of nitrogens with zero attached hydrogens (tertiary/aromatic N) is 3. The van der Waals surface area contributed by atoms with Crippen molar-refractivity contribution in [1.82, 2.24) is 14.5 Å². The average Bonchev–Trinajstić information content (AvgIpc) is 3.38. The van der Waals surface area contributed by atoms with Gasteiger partial charge in [-0.1, -0.05) is 24.3 Å². The van der Waals surface area contributed by atoms with E-state index in [-0.39, 0.29) is 52.0 Å². The Morgan fingerprint density at radius 2 is 1.90 bits per heavy atom. The fourth-order valence-electron chi connectivity index (χ4n) is 5.62. The van der Waals surface area contributed by atoms with Gasteiger partial charge < -0.3 is 18.8 Å². The standard InChI is InChI=1S/C28H24F4N3O3P/c1-34-21-12-20(23-17(27(34)36)5-4-6-22(23)38-28(31)32)35-19-11-14(8-10-18(19)33-26(21)35)16-9-7-15(13-39(2,3)37)24(29)25(16)30/h4-11,20-21,28H,12-13H2,1-3H3/t20-,21-/m1/s1/i1D3. The predicted molar refractivity (Wildman–Crippen MR) is 139 cm³/mol. The molecule has 1 amide bonds. The molecule has 0 saturated carbocycles. The molecular formula is C28H24F4N3O3P. The highest BCUT2D eigenvalue weighted by Gasteiger charge is 2.45. The molecule has 2 bridgehead atoms. The summed E-state index contributed by atoms with van der Waals surface area (Å²) in [6, 6.07) is 9.58. The summed E-state index contributed by atoms with van der Waals surface area (Å²) >= 11 is 0. The number of carbonyl (C=O) groups excluding carboxylic acids is 1. The molecule has 11 heteroatoms. The molecular weight excluding hydrogens is 533 g/mol. The number of benzene rings is 3. The van der Waals surface area contributed by atoms with Crippen LogP contribution in [-0.2, 0) is 10.7 Å². The molecule has 2 aliphatic heterocycles. The van der Waals surface area contributed by atoms with Gasteiger partial charge in [0.25, 0.3) is 5.91 Å². The van der Waals surface area contributed by atoms with Crippen LogP contribution < -0.4 is 4.74 Å². The number of imidazole rings is 1. The summed E-state index contributed by atoms with van der Waals surface area (Å²) in [6.07, 6.45) is -0.0789. The number of hydrogen-bond donors (Lipinski definition) is 0. The van der Waals surface area contributed by atoms with Gasteiger partial charge in [0.15, 0.2) is 11.6 Å². The van der Waals surface area contributed by atoms with Gasteiger partial charge in [-0.05, 0) is 48.7 Å². The van der Waals surface area contributed by atoms with Gasteiger partial charge in [-0.2, -0.15) is 8.78 Å². The minimum absolute atomic E-state index is 0.00135. The van der Waals surface area contributed by atoms with Crippen molar-refractivity contribution in [1.29, 1.82) is 0 Å². The summed E-state index contributed by atoms with van der Waals surface area (Å²) < 4.78 is 100. The number of ether oxygens (including phenoxy) is 1. The van der Waals surface area contributed by atoms with Gasteiger partial charge >= 0.3 is 6.61 Å². The molecule has 202 valence electrons. The highest BCUT2D eigenvalue weighted by Crippen LogP contribution is 2.50. The molecule has 0 fully saturated rings. The lowest BCUT2D eigenvalue weighted by molar-refractivity contribution is -0.0507. The third kappa shape index (κ3) is 4.13. The number of fused-ring (bicyclic) bond motifs is 9. The van der Waals surface area contributed by atoms with Crippen molar-refractivity contribution in [3.8, 4) is 16.9 Å². The van der Waals surface area contributed by atoms with Crippen molar-refractivity contribution in [2.24, 2.45) is 0 Å². The van der Waals surface area contributed by atoms with Crippen LogP contribution in [0.5, 0.6) is 5.75 Å². The summed E-state index contributed by atoms with van der Waals surface area (Å²) in [6.45, 7) is -3.11. The van der Waals surface area contributed by atoms with Crippen molar-refractivity contribution in [2.75, 3.05) is 20.3 Å². The molecule has 0 unspecified atom stereocenters. The van der Waals surface area contributed by atoms with Gasteiger partial charge in [-0.25, -0.2) is 13.8 Å². The third-order valence-corrected chi connectivity index (χ3v) is 8.28. The van der Waals surface area contributed by atoms with Crippen molar-refractivity contribution >= 4 is 24.1 Å². The van der Waals surface area contributed by atoms with Gasteiger partial charge in [0, 0.05) is 40.4 Å². The Labute approximate surface area is 225 Å². The zero-order valence-corrected chi connectivity index (χ0v) is 21.7. The zero-order valence-electron chi connectivity index (χ0n) is 23.8. The number of rotatable bonds is 5. The first kappa shape index (κ1) is 22.2. The number of aromatic nitrogens is 2. The van der Waals surface area contributed by atoms with Crippen LogP contribution in [-0.4, -0.2) is 47.3 Å². The number of halogens is 4. The first-order valence-electron chi connectivity index (χ1n) is 13.6. The lowest BCUT2D eigenvalue weighted by Crippen LogP contribution is -2.30. The molecule has 0 saturated heterocycles. The van der Waals surface area contributed by atoms with Crippen LogP contribution in [0.2, 0.25) is 0 Å². The zero-order chi connectivity index (χ0) is 30.3. The van der Waals surface area contributed by atoms with Crippen LogP contribution >= 0.6 is 7.14 Å².